The maximum atomic E-state index is 12.4. The van der Waals surface area contributed by atoms with Crippen LogP contribution < -0.4 is 9.46 Å². The molecule has 8 nitrogen and oxygen atoms in total. The molecule has 0 aromatic heterocycles. The number of ether oxygens (including phenoxy) is 2. The van der Waals surface area contributed by atoms with Crippen LogP contribution in [0.25, 0.3) is 0 Å². The highest BCUT2D eigenvalue weighted by Gasteiger charge is 2.22. The molecule has 2 rings (SSSR count). The second-order valence-corrected chi connectivity index (χ2v) is 7.08. The molecule has 0 unspecified atom stereocenters. The number of amides is 1. The van der Waals surface area contributed by atoms with Gasteiger partial charge >= 0.3 is 6.09 Å². The van der Waals surface area contributed by atoms with Gasteiger partial charge in [0.1, 0.15) is 10.6 Å². The molecule has 134 valence electrons. The van der Waals surface area contributed by atoms with Gasteiger partial charge in [-0.2, -0.15) is 0 Å². The van der Waals surface area contributed by atoms with E-state index in [1.807, 2.05) is 0 Å². The topological polar surface area (TPSA) is 88.2 Å². The van der Waals surface area contributed by atoms with Gasteiger partial charge in [-0.05, 0) is 12.1 Å². The lowest BCUT2D eigenvalue weighted by atomic mass is 10.3. The van der Waals surface area contributed by atoms with E-state index in [9.17, 15) is 13.2 Å². The predicted octanol–water partition coefficient (Wildman–Crippen LogP) is 0.358. The number of rotatable bonds is 6. The third kappa shape index (κ3) is 4.59. The van der Waals surface area contributed by atoms with Gasteiger partial charge in [0.15, 0.2) is 0 Å². The number of para-hydroxylation sites is 1. The van der Waals surface area contributed by atoms with Gasteiger partial charge < -0.3 is 14.4 Å². The van der Waals surface area contributed by atoms with Crippen molar-refractivity contribution >= 4 is 16.1 Å². The average molecular weight is 357 g/mol. The molecule has 1 amide bonds. The summed E-state index contributed by atoms with van der Waals surface area (Å²) >= 11 is 0. The number of piperazine rings is 1. The molecule has 1 aliphatic heterocycles. The fraction of sp³-hybridized carbons (Fsp3) is 0.533. The number of methoxy groups -OCH3 is 2. The molecule has 1 N–H and O–H groups in total. The number of benzene rings is 1. The molecule has 24 heavy (non-hydrogen) atoms. The van der Waals surface area contributed by atoms with Crippen molar-refractivity contribution in [2.24, 2.45) is 0 Å². The normalized spacial score (nSPS) is 16.0. The molecule has 1 aromatic carbocycles. The van der Waals surface area contributed by atoms with Crippen LogP contribution in [0.3, 0.4) is 0 Å². The van der Waals surface area contributed by atoms with Crippen LogP contribution in [0, 0.1) is 0 Å². The second kappa shape index (κ2) is 8.32. The highest BCUT2D eigenvalue weighted by Crippen LogP contribution is 2.22. The van der Waals surface area contributed by atoms with Gasteiger partial charge in [0.05, 0.1) is 14.2 Å². The molecule has 0 atom stereocenters. The lowest BCUT2D eigenvalue weighted by Crippen LogP contribution is -2.50. The minimum absolute atomic E-state index is 0.128. The Hall–Kier alpha value is -1.84. The summed E-state index contributed by atoms with van der Waals surface area (Å²) < 4.78 is 37.1. The van der Waals surface area contributed by atoms with Gasteiger partial charge in [-0.15, -0.1) is 0 Å². The monoisotopic (exact) mass is 357 g/mol. The lowest BCUT2D eigenvalue weighted by Gasteiger charge is -2.33. The standard InChI is InChI=1S/C15H23N3O5S/c1-22-13-5-3-4-6-14(13)24(20,21)16-7-8-17-9-11-18(12-10-17)15(19)23-2/h3-6,16H,7-12H2,1-2H3. The Morgan fingerprint density at radius 2 is 1.83 bits per heavy atom. The summed E-state index contributed by atoms with van der Waals surface area (Å²) in [4.78, 5) is 15.3. The van der Waals surface area contributed by atoms with E-state index in [1.165, 1.54) is 20.3 Å². The molecule has 0 bridgehead atoms. The quantitative estimate of drug-likeness (QED) is 0.791. The van der Waals surface area contributed by atoms with Crippen LogP contribution in [0.4, 0.5) is 4.79 Å². The fourth-order valence-corrected chi connectivity index (χ4v) is 3.73. The van der Waals surface area contributed by atoms with Crippen molar-refractivity contribution in [2.45, 2.75) is 4.90 Å². The smallest absolute Gasteiger partial charge is 0.409 e. The molecule has 0 radical (unpaired) electrons. The summed E-state index contributed by atoms with van der Waals surface area (Å²) in [6, 6.07) is 6.50. The number of sulfonamides is 1. The van der Waals surface area contributed by atoms with E-state index in [4.69, 9.17) is 4.74 Å². The number of nitrogens with zero attached hydrogens (tertiary/aromatic N) is 2. The Bertz CT molecular complexity index is 657. The Morgan fingerprint density at radius 3 is 2.46 bits per heavy atom. The first kappa shape index (κ1) is 18.5. The van der Waals surface area contributed by atoms with E-state index >= 15 is 0 Å². The highest BCUT2D eigenvalue weighted by atomic mass is 32.2. The summed E-state index contributed by atoms with van der Waals surface area (Å²) in [7, 11) is -0.816. The SMILES string of the molecule is COC(=O)N1CCN(CCNS(=O)(=O)c2ccccc2OC)CC1. The Labute approximate surface area is 142 Å². The molecule has 1 aromatic rings. The van der Waals surface area contributed by atoms with E-state index in [0.717, 1.165) is 0 Å². The average Bonchev–Trinajstić information content (AvgIpc) is 2.61. The van der Waals surface area contributed by atoms with E-state index in [1.54, 1.807) is 23.1 Å². The maximum absolute atomic E-state index is 12.4. The molecule has 1 heterocycles. The van der Waals surface area contributed by atoms with E-state index in [2.05, 4.69) is 14.4 Å². The number of hydrogen-bond acceptors (Lipinski definition) is 6. The molecule has 9 heteroatoms. The van der Waals surface area contributed by atoms with Crippen LogP contribution in [0.15, 0.2) is 29.2 Å². The molecule has 1 aliphatic rings. The van der Waals surface area contributed by atoms with Crippen molar-refractivity contribution in [1.29, 1.82) is 0 Å². The molecular weight excluding hydrogens is 334 g/mol. The third-order valence-corrected chi connectivity index (χ3v) is 5.38. The Kier molecular flexibility index (Phi) is 6.41. The van der Waals surface area contributed by atoms with Crippen molar-refractivity contribution < 1.29 is 22.7 Å². The van der Waals surface area contributed by atoms with Crippen molar-refractivity contribution in [2.75, 3.05) is 53.5 Å². The lowest BCUT2D eigenvalue weighted by molar-refractivity contribution is 0.0918. The summed E-state index contributed by atoms with van der Waals surface area (Å²) in [5, 5.41) is 0. The van der Waals surface area contributed by atoms with Crippen molar-refractivity contribution in [3.05, 3.63) is 24.3 Å². The first-order chi connectivity index (χ1) is 11.5. The van der Waals surface area contributed by atoms with Crippen LogP contribution in [0.1, 0.15) is 0 Å². The first-order valence-corrected chi connectivity index (χ1v) is 9.14. The predicted molar refractivity (Wildman–Crippen MR) is 88.6 cm³/mol. The summed E-state index contributed by atoms with van der Waals surface area (Å²) in [5.74, 6) is 0.316. The third-order valence-electron chi connectivity index (χ3n) is 3.88. The molecule has 0 aliphatic carbocycles. The summed E-state index contributed by atoms with van der Waals surface area (Å²) in [6.07, 6.45) is -0.327. The van der Waals surface area contributed by atoms with Gasteiger partial charge in [-0.1, -0.05) is 12.1 Å². The van der Waals surface area contributed by atoms with Crippen LogP contribution >= 0.6 is 0 Å². The van der Waals surface area contributed by atoms with E-state index in [0.29, 0.717) is 45.0 Å². The van der Waals surface area contributed by atoms with Crippen LogP contribution in [-0.2, 0) is 14.8 Å². The molecule has 0 spiro atoms. The summed E-state index contributed by atoms with van der Waals surface area (Å²) in [5.41, 5.74) is 0. The minimum atomic E-state index is -3.62. The number of nitrogens with one attached hydrogen (secondary N) is 1. The van der Waals surface area contributed by atoms with E-state index in [-0.39, 0.29) is 11.0 Å². The molecule has 0 saturated carbocycles. The van der Waals surface area contributed by atoms with Gasteiger partial charge in [0.2, 0.25) is 10.0 Å². The summed E-state index contributed by atoms with van der Waals surface area (Å²) in [6.45, 7) is 3.39. The Morgan fingerprint density at radius 1 is 1.17 bits per heavy atom. The first-order valence-electron chi connectivity index (χ1n) is 7.66. The van der Waals surface area contributed by atoms with Gasteiger partial charge in [0, 0.05) is 39.3 Å². The molecular formula is C15H23N3O5S. The zero-order chi connectivity index (χ0) is 17.6. The zero-order valence-corrected chi connectivity index (χ0v) is 14.7. The Balaban J connectivity index is 1.83. The molecule has 1 fully saturated rings. The highest BCUT2D eigenvalue weighted by molar-refractivity contribution is 7.89. The van der Waals surface area contributed by atoms with E-state index < -0.39 is 10.0 Å². The van der Waals surface area contributed by atoms with Crippen molar-refractivity contribution in [1.82, 2.24) is 14.5 Å². The molecule has 1 saturated heterocycles. The maximum Gasteiger partial charge on any atom is 0.409 e. The number of carbonyl (C=O) groups excluding carboxylic acids is 1. The second-order valence-electron chi connectivity index (χ2n) is 5.35. The van der Waals surface area contributed by atoms with Crippen molar-refractivity contribution in [3.8, 4) is 5.75 Å². The van der Waals surface area contributed by atoms with Crippen LogP contribution in [0.2, 0.25) is 0 Å². The van der Waals surface area contributed by atoms with Crippen LogP contribution in [-0.4, -0.2) is 77.8 Å². The van der Waals surface area contributed by atoms with Crippen molar-refractivity contribution in [3.63, 3.8) is 0 Å². The van der Waals surface area contributed by atoms with Gasteiger partial charge in [-0.25, -0.2) is 17.9 Å². The van der Waals surface area contributed by atoms with Gasteiger partial charge in [-0.3, -0.25) is 4.90 Å². The van der Waals surface area contributed by atoms with Crippen LogP contribution in [0.5, 0.6) is 5.75 Å². The largest absolute Gasteiger partial charge is 0.495 e. The number of carbonyl (C=O) groups is 1. The zero-order valence-electron chi connectivity index (χ0n) is 13.9. The minimum Gasteiger partial charge on any atom is -0.495 e. The fourth-order valence-electron chi connectivity index (χ4n) is 2.54. The number of hydrogen-bond donors (Lipinski definition) is 1. The van der Waals surface area contributed by atoms with Gasteiger partial charge in [0.25, 0.3) is 0 Å².